The quantitative estimate of drug-likeness (QED) is 0.651. The minimum absolute atomic E-state index is 0.292. The van der Waals surface area contributed by atoms with E-state index in [4.69, 9.17) is 11.6 Å². The van der Waals surface area contributed by atoms with E-state index in [9.17, 15) is 9.59 Å². The van der Waals surface area contributed by atoms with E-state index in [1.807, 2.05) is 38.3 Å². The van der Waals surface area contributed by atoms with E-state index in [0.717, 1.165) is 15.4 Å². The number of nitrogens with zero attached hydrogens (tertiary/aromatic N) is 2. The molecule has 0 radical (unpaired) electrons. The second-order valence-electron chi connectivity index (χ2n) is 6.33. The van der Waals surface area contributed by atoms with E-state index >= 15 is 0 Å². The lowest BCUT2D eigenvalue weighted by molar-refractivity contribution is -0.119. The van der Waals surface area contributed by atoms with E-state index < -0.39 is 17.5 Å². The summed E-state index contributed by atoms with van der Waals surface area (Å²) in [7, 11) is 0. The summed E-state index contributed by atoms with van der Waals surface area (Å²) in [6.45, 7) is 3.86. The number of urea groups is 1. The van der Waals surface area contributed by atoms with Crippen LogP contribution in [0.25, 0.3) is 0 Å². The van der Waals surface area contributed by atoms with Gasteiger partial charge in [0.05, 0.1) is 10.7 Å². The first-order valence-corrected chi connectivity index (χ1v) is 9.35. The van der Waals surface area contributed by atoms with Gasteiger partial charge in [-0.15, -0.1) is 11.8 Å². The normalized spacial score (nSPS) is 17.8. The number of amides is 3. The van der Waals surface area contributed by atoms with E-state index in [2.05, 4.69) is 10.3 Å². The Hall–Kier alpha value is -2.05. The van der Waals surface area contributed by atoms with Crippen LogP contribution < -0.4 is 10.2 Å². The molecule has 0 bridgehead atoms. The van der Waals surface area contributed by atoms with Crippen LogP contribution >= 0.6 is 23.4 Å². The molecule has 1 aliphatic rings. The van der Waals surface area contributed by atoms with Crippen LogP contribution in [-0.2, 0) is 10.2 Å². The molecule has 1 fully saturated rings. The first-order valence-electron chi connectivity index (χ1n) is 7.74. The van der Waals surface area contributed by atoms with E-state index in [1.54, 1.807) is 24.5 Å². The molecule has 3 amide bonds. The topological polar surface area (TPSA) is 62.3 Å². The molecule has 1 saturated heterocycles. The van der Waals surface area contributed by atoms with Crippen LogP contribution in [0.4, 0.5) is 10.5 Å². The van der Waals surface area contributed by atoms with Crippen molar-refractivity contribution in [3.8, 4) is 0 Å². The van der Waals surface area contributed by atoms with E-state index in [-0.39, 0.29) is 5.91 Å². The van der Waals surface area contributed by atoms with Gasteiger partial charge >= 0.3 is 6.03 Å². The van der Waals surface area contributed by atoms with Crippen LogP contribution in [0.5, 0.6) is 0 Å². The van der Waals surface area contributed by atoms with Gasteiger partial charge < -0.3 is 5.32 Å². The molecule has 5 nitrogen and oxygen atoms in total. The van der Waals surface area contributed by atoms with E-state index in [1.165, 1.54) is 11.8 Å². The summed E-state index contributed by atoms with van der Waals surface area (Å²) in [5.74, 6) is -0.292. The van der Waals surface area contributed by atoms with Crippen molar-refractivity contribution < 1.29 is 9.59 Å². The highest BCUT2D eigenvalue weighted by Crippen LogP contribution is 2.34. The Morgan fingerprint density at radius 1 is 1.20 bits per heavy atom. The first-order chi connectivity index (χ1) is 11.9. The van der Waals surface area contributed by atoms with Crippen molar-refractivity contribution in [1.82, 2.24) is 10.3 Å². The average molecular weight is 376 g/mol. The van der Waals surface area contributed by atoms with Crippen LogP contribution in [0, 0.1) is 0 Å². The summed E-state index contributed by atoms with van der Waals surface area (Å²) in [5.41, 5.74) is 0.824. The van der Waals surface area contributed by atoms with Gasteiger partial charge in [0.2, 0.25) is 0 Å². The highest BCUT2D eigenvalue weighted by atomic mass is 35.5. The maximum absolute atomic E-state index is 13.0. The zero-order chi connectivity index (χ0) is 18.2. The summed E-state index contributed by atoms with van der Waals surface area (Å²) < 4.78 is 0. The first kappa shape index (κ1) is 17.8. The highest BCUT2D eigenvalue weighted by Gasteiger charge is 2.47. The molecule has 0 aliphatic carbocycles. The fraction of sp³-hybridized carbons (Fsp3) is 0.278. The van der Waals surface area contributed by atoms with Crippen LogP contribution in [0.1, 0.15) is 19.4 Å². The number of thioether (sulfide) groups is 1. The average Bonchev–Trinajstić information content (AvgIpc) is 2.91. The maximum atomic E-state index is 13.0. The third kappa shape index (κ3) is 3.12. The Labute approximate surface area is 155 Å². The molecule has 3 rings (SSSR count). The number of anilines is 1. The van der Waals surface area contributed by atoms with Gasteiger partial charge in [-0.1, -0.05) is 25.4 Å². The van der Waals surface area contributed by atoms with Gasteiger partial charge in [-0.25, -0.2) is 9.69 Å². The molecule has 7 heteroatoms. The monoisotopic (exact) mass is 375 g/mol. The van der Waals surface area contributed by atoms with Crippen LogP contribution in [0.15, 0.2) is 47.6 Å². The standard InChI is InChI=1S/C18H18ClN3O2S/c1-18(2,11-6-8-20-9-7-11)15-16(23)22(17(24)21-15)12-4-5-14(25-3)13(19)10-12/h4-10,15H,1-3H3,(H,21,24). The maximum Gasteiger partial charge on any atom is 0.329 e. The second kappa shape index (κ2) is 6.69. The Morgan fingerprint density at radius 3 is 2.48 bits per heavy atom. The minimum Gasteiger partial charge on any atom is -0.325 e. The molecule has 1 aliphatic heterocycles. The smallest absolute Gasteiger partial charge is 0.325 e. The van der Waals surface area contributed by atoms with E-state index in [0.29, 0.717) is 10.7 Å². The molecule has 2 aromatic rings. The second-order valence-corrected chi connectivity index (χ2v) is 7.59. The molecule has 130 valence electrons. The molecule has 25 heavy (non-hydrogen) atoms. The predicted molar refractivity (Wildman–Crippen MR) is 100 cm³/mol. The third-order valence-electron chi connectivity index (χ3n) is 4.48. The lowest BCUT2D eigenvalue weighted by Crippen LogP contribution is -2.46. The molecule has 1 aromatic heterocycles. The number of carbonyl (C=O) groups is 2. The molecule has 0 spiro atoms. The summed E-state index contributed by atoms with van der Waals surface area (Å²) in [6.07, 6.45) is 5.27. The van der Waals surface area contributed by atoms with Gasteiger partial charge in [0, 0.05) is 22.7 Å². The van der Waals surface area contributed by atoms with Gasteiger partial charge in [-0.3, -0.25) is 9.78 Å². The van der Waals surface area contributed by atoms with Crippen LogP contribution in [0.3, 0.4) is 0 Å². The lowest BCUT2D eigenvalue weighted by Gasteiger charge is -2.30. The van der Waals surface area contributed by atoms with Crippen molar-refractivity contribution in [2.75, 3.05) is 11.2 Å². The zero-order valence-electron chi connectivity index (χ0n) is 14.1. The minimum atomic E-state index is -0.665. The molecule has 1 atom stereocenters. The lowest BCUT2D eigenvalue weighted by atomic mass is 9.78. The summed E-state index contributed by atoms with van der Waals surface area (Å²) in [4.78, 5) is 31.5. The van der Waals surface area contributed by atoms with Gasteiger partial charge in [0.15, 0.2) is 0 Å². The van der Waals surface area contributed by atoms with Crippen molar-refractivity contribution in [2.45, 2.75) is 30.2 Å². The number of hydrogen-bond acceptors (Lipinski definition) is 4. The zero-order valence-corrected chi connectivity index (χ0v) is 15.7. The van der Waals surface area contributed by atoms with Gasteiger partial charge in [0.25, 0.3) is 5.91 Å². The number of carbonyl (C=O) groups excluding carboxylic acids is 2. The number of halogens is 1. The Morgan fingerprint density at radius 2 is 1.88 bits per heavy atom. The van der Waals surface area contributed by atoms with Crippen LogP contribution in [-0.4, -0.2) is 29.2 Å². The fourth-order valence-corrected chi connectivity index (χ4v) is 3.82. The Balaban J connectivity index is 1.94. The van der Waals surface area contributed by atoms with Crippen molar-refractivity contribution in [2.24, 2.45) is 0 Å². The van der Waals surface area contributed by atoms with Crippen molar-refractivity contribution >= 4 is 41.0 Å². The van der Waals surface area contributed by atoms with Crippen molar-refractivity contribution in [3.05, 3.63) is 53.3 Å². The number of aromatic nitrogens is 1. The van der Waals surface area contributed by atoms with Gasteiger partial charge in [0.1, 0.15) is 6.04 Å². The van der Waals surface area contributed by atoms with Crippen molar-refractivity contribution in [3.63, 3.8) is 0 Å². The molecular weight excluding hydrogens is 358 g/mol. The largest absolute Gasteiger partial charge is 0.329 e. The van der Waals surface area contributed by atoms with Crippen LogP contribution in [0.2, 0.25) is 5.02 Å². The fourth-order valence-electron chi connectivity index (χ4n) is 2.96. The summed E-state index contributed by atoms with van der Waals surface area (Å²) >= 11 is 7.74. The SMILES string of the molecule is CSc1ccc(N2C(=O)NC(C(C)(C)c3ccncc3)C2=O)cc1Cl. The molecular formula is C18H18ClN3O2S. The predicted octanol–water partition coefficient (Wildman–Crippen LogP) is 3.86. The Bertz CT molecular complexity index is 826. The number of nitrogens with one attached hydrogen (secondary N) is 1. The number of hydrogen-bond donors (Lipinski definition) is 1. The third-order valence-corrected chi connectivity index (χ3v) is 5.70. The molecule has 1 aromatic carbocycles. The number of benzene rings is 1. The number of pyridine rings is 1. The van der Waals surface area contributed by atoms with Gasteiger partial charge in [-0.2, -0.15) is 0 Å². The van der Waals surface area contributed by atoms with Crippen molar-refractivity contribution in [1.29, 1.82) is 0 Å². The molecule has 1 N–H and O–H groups in total. The summed E-state index contributed by atoms with van der Waals surface area (Å²) in [5, 5.41) is 3.32. The molecule has 0 saturated carbocycles. The van der Waals surface area contributed by atoms with Gasteiger partial charge in [-0.05, 0) is 42.2 Å². The summed E-state index contributed by atoms with van der Waals surface area (Å²) in [6, 6.07) is 7.79. The number of rotatable bonds is 4. The molecule has 1 unspecified atom stereocenters. The molecule has 2 heterocycles. The number of imide groups is 1. The Kier molecular flexibility index (Phi) is 4.75. The highest BCUT2D eigenvalue weighted by molar-refractivity contribution is 7.98.